The predicted molar refractivity (Wildman–Crippen MR) is 132 cm³/mol. The van der Waals surface area contributed by atoms with Crippen molar-refractivity contribution in [1.82, 2.24) is 9.80 Å². The van der Waals surface area contributed by atoms with Gasteiger partial charge in [0.05, 0.1) is 6.54 Å². The van der Waals surface area contributed by atoms with Crippen LogP contribution in [0.2, 0.25) is 0 Å². The summed E-state index contributed by atoms with van der Waals surface area (Å²) in [5.74, 6) is -0.910. The van der Waals surface area contributed by atoms with E-state index in [2.05, 4.69) is 6.58 Å². The summed E-state index contributed by atoms with van der Waals surface area (Å²) in [6.45, 7) is 6.49. The minimum Gasteiger partial charge on any atom is -0.332 e. The van der Waals surface area contributed by atoms with Crippen molar-refractivity contribution in [3.8, 4) is 0 Å². The molecule has 0 bridgehead atoms. The Morgan fingerprint density at radius 2 is 1.76 bits per heavy atom. The Morgan fingerprint density at radius 1 is 1.06 bits per heavy atom. The van der Waals surface area contributed by atoms with Gasteiger partial charge in [0, 0.05) is 18.0 Å². The van der Waals surface area contributed by atoms with Crippen molar-refractivity contribution in [3.63, 3.8) is 0 Å². The molecule has 1 atom stereocenters. The van der Waals surface area contributed by atoms with Crippen molar-refractivity contribution in [2.75, 3.05) is 13.1 Å². The van der Waals surface area contributed by atoms with Crippen molar-refractivity contribution < 1.29 is 14.0 Å². The number of amides is 2. The molecule has 1 unspecified atom stereocenters. The lowest BCUT2D eigenvalue weighted by molar-refractivity contribution is -0.140. The number of nitrogens with zero attached hydrogens (tertiary/aromatic N) is 2. The van der Waals surface area contributed by atoms with E-state index in [1.54, 1.807) is 46.6 Å². The smallest absolute Gasteiger partial charge is 0.245 e. The third-order valence-corrected chi connectivity index (χ3v) is 6.68. The highest BCUT2D eigenvalue weighted by molar-refractivity contribution is 7.10. The van der Waals surface area contributed by atoms with Gasteiger partial charge in [-0.15, -0.1) is 29.5 Å². The summed E-state index contributed by atoms with van der Waals surface area (Å²) in [6.07, 6.45) is 1.58. The largest absolute Gasteiger partial charge is 0.332 e. The van der Waals surface area contributed by atoms with Gasteiger partial charge in [-0.25, -0.2) is 4.39 Å². The SMILES string of the molecule is C=CCN(CC(=O)N(Cc1ccc(F)cc1)Cc1sccc1C)C(=O)C(Cl)c1ccccc1. The summed E-state index contributed by atoms with van der Waals surface area (Å²) in [4.78, 5) is 30.6. The molecule has 0 spiro atoms. The molecule has 172 valence electrons. The van der Waals surface area contributed by atoms with Gasteiger partial charge in [-0.2, -0.15) is 0 Å². The molecule has 2 amide bonds. The lowest BCUT2D eigenvalue weighted by Crippen LogP contribution is -2.43. The molecule has 2 aromatic carbocycles. The minimum atomic E-state index is -0.899. The van der Waals surface area contributed by atoms with Gasteiger partial charge in [-0.05, 0) is 47.2 Å². The Labute approximate surface area is 202 Å². The van der Waals surface area contributed by atoms with Gasteiger partial charge in [-0.3, -0.25) is 9.59 Å². The fourth-order valence-corrected chi connectivity index (χ4v) is 4.56. The minimum absolute atomic E-state index is 0.132. The summed E-state index contributed by atoms with van der Waals surface area (Å²) < 4.78 is 13.4. The summed E-state index contributed by atoms with van der Waals surface area (Å²) in [7, 11) is 0. The second-order valence-electron chi connectivity index (χ2n) is 7.68. The van der Waals surface area contributed by atoms with Crippen molar-refractivity contribution in [2.24, 2.45) is 0 Å². The van der Waals surface area contributed by atoms with Crippen LogP contribution in [0.5, 0.6) is 0 Å². The van der Waals surface area contributed by atoms with Gasteiger partial charge in [0.2, 0.25) is 11.8 Å². The maximum atomic E-state index is 13.4. The van der Waals surface area contributed by atoms with Crippen LogP contribution in [0.1, 0.15) is 26.9 Å². The average molecular weight is 485 g/mol. The Bertz CT molecular complexity index is 1090. The van der Waals surface area contributed by atoms with E-state index in [0.717, 1.165) is 16.0 Å². The number of benzene rings is 2. The summed E-state index contributed by atoms with van der Waals surface area (Å²) in [5, 5.41) is 1.08. The van der Waals surface area contributed by atoms with E-state index in [1.807, 2.05) is 36.6 Å². The molecule has 4 nitrogen and oxygen atoms in total. The second-order valence-corrected chi connectivity index (χ2v) is 9.12. The van der Waals surface area contributed by atoms with Gasteiger partial charge in [0.25, 0.3) is 0 Å². The van der Waals surface area contributed by atoms with Gasteiger partial charge in [0.1, 0.15) is 17.7 Å². The third-order valence-electron chi connectivity index (χ3n) is 5.24. The molecule has 1 aromatic heterocycles. The topological polar surface area (TPSA) is 40.6 Å². The number of hydrogen-bond donors (Lipinski definition) is 0. The molecule has 1 heterocycles. The Hall–Kier alpha value is -2.96. The van der Waals surface area contributed by atoms with Gasteiger partial charge in [-0.1, -0.05) is 48.5 Å². The number of rotatable bonds is 10. The fourth-order valence-electron chi connectivity index (χ4n) is 3.36. The Kier molecular flexibility index (Phi) is 8.80. The zero-order valence-electron chi connectivity index (χ0n) is 18.4. The van der Waals surface area contributed by atoms with E-state index >= 15 is 0 Å². The molecule has 3 aromatic rings. The molecule has 0 N–H and O–H groups in total. The van der Waals surface area contributed by atoms with E-state index in [0.29, 0.717) is 18.7 Å². The van der Waals surface area contributed by atoms with Crippen molar-refractivity contribution in [2.45, 2.75) is 25.4 Å². The highest BCUT2D eigenvalue weighted by atomic mass is 35.5. The van der Waals surface area contributed by atoms with E-state index in [-0.39, 0.29) is 30.7 Å². The van der Waals surface area contributed by atoms with E-state index in [9.17, 15) is 14.0 Å². The summed E-state index contributed by atoms with van der Waals surface area (Å²) >= 11 is 8.02. The molecule has 0 fully saturated rings. The average Bonchev–Trinajstić information content (AvgIpc) is 3.23. The zero-order chi connectivity index (χ0) is 23.8. The van der Waals surface area contributed by atoms with Crippen LogP contribution in [-0.2, 0) is 22.7 Å². The number of alkyl halides is 1. The number of hydrogen-bond acceptors (Lipinski definition) is 3. The van der Waals surface area contributed by atoms with E-state index in [4.69, 9.17) is 11.6 Å². The number of carbonyl (C=O) groups is 2. The van der Waals surface area contributed by atoms with Gasteiger partial charge < -0.3 is 9.80 Å². The molecule has 0 aliphatic carbocycles. The maximum Gasteiger partial charge on any atom is 0.245 e. The van der Waals surface area contributed by atoms with Gasteiger partial charge >= 0.3 is 0 Å². The fraction of sp³-hybridized carbons (Fsp3) is 0.231. The molecule has 0 aliphatic heterocycles. The van der Waals surface area contributed by atoms with E-state index < -0.39 is 5.38 Å². The number of halogens is 2. The number of aryl methyl sites for hydroxylation is 1. The molecule has 33 heavy (non-hydrogen) atoms. The zero-order valence-corrected chi connectivity index (χ0v) is 20.0. The van der Waals surface area contributed by atoms with Crippen LogP contribution >= 0.6 is 22.9 Å². The Morgan fingerprint density at radius 3 is 2.36 bits per heavy atom. The summed E-state index contributed by atoms with van der Waals surface area (Å²) in [6, 6.07) is 17.1. The highest BCUT2D eigenvalue weighted by Crippen LogP contribution is 2.24. The molecule has 7 heteroatoms. The molecular formula is C26H26ClFN2O2S. The highest BCUT2D eigenvalue weighted by Gasteiger charge is 2.27. The van der Waals surface area contributed by atoms with Crippen molar-refractivity contribution >= 4 is 34.8 Å². The van der Waals surface area contributed by atoms with Crippen LogP contribution in [0, 0.1) is 12.7 Å². The lowest BCUT2D eigenvalue weighted by Gasteiger charge is -2.28. The van der Waals surface area contributed by atoms with E-state index in [1.165, 1.54) is 17.0 Å². The molecule has 0 aliphatic rings. The van der Waals surface area contributed by atoms with Crippen LogP contribution in [-0.4, -0.2) is 34.7 Å². The summed E-state index contributed by atoms with van der Waals surface area (Å²) in [5.41, 5.74) is 2.57. The molecule has 0 radical (unpaired) electrons. The monoisotopic (exact) mass is 484 g/mol. The van der Waals surface area contributed by atoms with Crippen LogP contribution < -0.4 is 0 Å². The Balaban J connectivity index is 1.79. The first-order valence-electron chi connectivity index (χ1n) is 10.5. The maximum absolute atomic E-state index is 13.4. The molecule has 0 saturated heterocycles. The standard InChI is InChI=1S/C26H26ClFN2O2S/c1-3-14-29(26(32)25(27)21-7-5-4-6-8-21)18-24(31)30(17-23-19(2)13-15-33-23)16-20-9-11-22(28)12-10-20/h3-13,15,25H,1,14,16-18H2,2H3. The molecule has 3 rings (SSSR count). The second kappa shape index (κ2) is 11.8. The van der Waals surface area contributed by atoms with Crippen LogP contribution in [0.25, 0.3) is 0 Å². The van der Waals surface area contributed by atoms with Crippen LogP contribution in [0.15, 0.2) is 78.7 Å². The van der Waals surface area contributed by atoms with Crippen molar-refractivity contribution in [3.05, 3.63) is 106 Å². The van der Waals surface area contributed by atoms with Crippen LogP contribution in [0.3, 0.4) is 0 Å². The number of thiophene rings is 1. The third kappa shape index (κ3) is 6.76. The molecule has 0 saturated carbocycles. The quantitative estimate of drug-likeness (QED) is 0.273. The first-order valence-corrected chi connectivity index (χ1v) is 11.8. The lowest BCUT2D eigenvalue weighted by atomic mass is 10.1. The van der Waals surface area contributed by atoms with Crippen LogP contribution in [0.4, 0.5) is 4.39 Å². The number of carbonyl (C=O) groups excluding carboxylic acids is 2. The van der Waals surface area contributed by atoms with Crippen molar-refractivity contribution in [1.29, 1.82) is 0 Å². The normalized spacial score (nSPS) is 11.6. The van der Waals surface area contributed by atoms with Gasteiger partial charge in [0.15, 0.2) is 0 Å². The predicted octanol–water partition coefficient (Wildman–Crippen LogP) is 5.72. The molecular weight excluding hydrogens is 459 g/mol. The first kappa shape index (κ1) is 24.7. The first-order chi connectivity index (χ1) is 15.9.